The fourth-order valence-corrected chi connectivity index (χ4v) is 2.44. The molecule has 0 unspecified atom stereocenters. The Hall–Kier alpha value is -1.63. The van der Waals surface area contributed by atoms with Crippen LogP contribution in [0.4, 0.5) is 4.39 Å². The maximum absolute atomic E-state index is 13.2. The maximum atomic E-state index is 13.2. The normalized spacial score (nSPS) is 10.3. The highest BCUT2D eigenvalue weighted by molar-refractivity contribution is 5.32. The van der Waals surface area contributed by atoms with E-state index < -0.39 is 0 Å². The van der Waals surface area contributed by atoms with Crippen molar-refractivity contribution in [3.05, 3.63) is 69.5 Å². The van der Waals surface area contributed by atoms with Crippen molar-refractivity contribution in [2.45, 2.75) is 74.7 Å². The van der Waals surface area contributed by atoms with Gasteiger partial charge >= 0.3 is 0 Å². The first-order chi connectivity index (χ1) is 10.6. The molecule has 2 aromatic rings. The molecule has 0 heterocycles. The third-order valence-corrected chi connectivity index (χ3v) is 4.32. The second-order valence-electron chi connectivity index (χ2n) is 7.12. The van der Waals surface area contributed by atoms with E-state index in [-0.39, 0.29) is 13.2 Å². The summed E-state index contributed by atoms with van der Waals surface area (Å²) in [5.74, 6) is 1.05. The first kappa shape index (κ1) is 22.4. The zero-order chi connectivity index (χ0) is 17.7. The molecule has 2 rings (SSSR count). The van der Waals surface area contributed by atoms with Gasteiger partial charge in [0.1, 0.15) is 5.82 Å². The zero-order valence-electron chi connectivity index (χ0n) is 15.9. The molecule has 0 fully saturated rings. The molecule has 0 radical (unpaired) electrons. The Morgan fingerprint density at radius 2 is 1.04 bits per heavy atom. The van der Waals surface area contributed by atoms with Crippen LogP contribution in [0.5, 0.6) is 0 Å². The molecular formula is C23H35F. The van der Waals surface area contributed by atoms with E-state index in [9.17, 15) is 4.39 Å². The van der Waals surface area contributed by atoms with E-state index >= 15 is 0 Å². The topological polar surface area (TPSA) is 0 Å². The Kier molecular flexibility index (Phi) is 8.96. The molecule has 0 bridgehead atoms. The standard InChI is InChI=1S/C11H15F.C11H16.CH4/c1-7(2)10-5-8(3)11(12)9(4)6-10;1-8(2)11-6-5-9(3)10(4)7-11;/h5-7H,1-4H3;5-8H,1-4H3;1H4. The number of hydrogen-bond donors (Lipinski definition) is 0. The van der Waals surface area contributed by atoms with Crippen LogP contribution in [0.15, 0.2) is 30.3 Å². The van der Waals surface area contributed by atoms with Gasteiger partial charge in [-0.05, 0) is 72.9 Å². The van der Waals surface area contributed by atoms with E-state index in [1.165, 1.54) is 22.3 Å². The molecule has 0 nitrogen and oxygen atoms in total. The Morgan fingerprint density at radius 1 is 0.625 bits per heavy atom. The van der Waals surface area contributed by atoms with Crippen molar-refractivity contribution in [2.24, 2.45) is 0 Å². The van der Waals surface area contributed by atoms with Crippen LogP contribution >= 0.6 is 0 Å². The zero-order valence-corrected chi connectivity index (χ0v) is 15.9. The molecule has 0 saturated carbocycles. The highest BCUT2D eigenvalue weighted by atomic mass is 19.1. The second kappa shape index (κ2) is 9.61. The minimum Gasteiger partial charge on any atom is -0.206 e. The maximum Gasteiger partial charge on any atom is 0.129 e. The number of aryl methyl sites for hydroxylation is 4. The molecule has 0 amide bonds. The molecule has 0 spiro atoms. The van der Waals surface area contributed by atoms with Crippen LogP contribution in [0.25, 0.3) is 0 Å². The van der Waals surface area contributed by atoms with E-state index in [2.05, 4.69) is 59.7 Å². The van der Waals surface area contributed by atoms with Crippen LogP contribution < -0.4 is 0 Å². The van der Waals surface area contributed by atoms with Crippen molar-refractivity contribution in [3.63, 3.8) is 0 Å². The number of halogens is 1. The summed E-state index contributed by atoms with van der Waals surface area (Å²) in [6.07, 6.45) is 0. The minimum atomic E-state index is -0.0700. The lowest BCUT2D eigenvalue weighted by molar-refractivity contribution is 0.607. The van der Waals surface area contributed by atoms with E-state index in [1.807, 2.05) is 26.0 Å². The van der Waals surface area contributed by atoms with Gasteiger partial charge in [-0.2, -0.15) is 0 Å². The van der Waals surface area contributed by atoms with E-state index in [1.54, 1.807) is 0 Å². The highest BCUT2D eigenvalue weighted by Crippen LogP contribution is 2.20. The van der Waals surface area contributed by atoms with E-state index in [4.69, 9.17) is 0 Å². The molecular weight excluding hydrogens is 295 g/mol. The van der Waals surface area contributed by atoms with Crippen LogP contribution in [-0.2, 0) is 0 Å². The van der Waals surface area contributed by atoms with Crippen molar-refractivity contribution in [1.82, 2.24) is 0 Å². The van der Waals surface area contributed by atoms with Crippen LogP contribution in [0.1, 0.15) is 80.3 Å². The molecule has 2 aromatic carbocycles. The van der Waals surface area contributed by atoms with Gasteiger partial charge in [0.15, 0.2) is 0 Å². The summed E-state index contributed by atoms with van der Waals surface area (Å²) in [7, 11) is 0. The van der Waals surface area contributed by atoms with Crippen LogP contribution in [0, 0.1) is 33.5 Å². The summed E-state index contributed by atoms with van der Waals surface area (Å²) in [5, 5.41) is 0. The molecule has 134 valence electrons. The van der Waals surface area contributed by atoms with Gasteiger partial charge < -0.3 is 0 Å². The van der Waals surface area contributed by atoms with Gasteiger partial charge in [0.05, 0.1) is 0 Å². The third-order valence-electron chi connectivity index (χ3n) is 4.32. The Balaban J connectivity index is 0.000000425. The average molecular weight is 331 g/mol. The second-order valence-corrected chi connectivity index (χ2v) is 7.12. The monoisotopic (exact) mass is 330 g/mol. The molecule has 0 aliphatic rings. The fourth-order valence-electron chi connectivity index (χ4n) is 2.44. The number of hydrogen-bond acceptors (Lipinski definition) is 0. The Bertz CT molecular complexity index is 628. The SMILES string of the molecule is C.Cc1cc(C(C)C)cc(C)c1F.Cc1ccc(C(C)C)cc1C. The van der Waals surface area contributed by atoms with Crippen molar-refractivity contribution < 1.29 is 4.39 Å². The third kappa shape index (κ3) is 6.11. The molecule has 0 aromatic heterocycles. The van der Waals surface area contributed by atoms with Crippen molar-refractivity contribution >= 4 is 0 Å². The predicted octanol–water partition coefficient (Wildman–Crippen LogP) is 7.63. The number of rotatable bonds is 2. The highest BCUT2D eigenvalue weighted by Gasteiger charge is 2.06. The van der Waals surface area contributed by atoms with Crippen LogP contribution in [-0.4, -0.2) is 0 Å². The van der Waals surface area contributed by atoms with Crippen molar-refractivity contribution in [2.75, 3.05) is 0 Å². The smallest absolute Gasteiger partial charge is 0.129 e. The molecule has 1 heteroatoms. The molecule has 0 aliphatic heterocycles. The first-order valence-corrected chi connectivity index (χ1v) is 8.47. The predicted molar refractivity (Wildman–Crippen MR) is 107 cm³/mol. The Morgan fingerprint density at radius 3 is 1.42 bits per heavy atom. The quantitative estimate of drug-likeness (QED) is 0.531. The van der Waals surface area contributed by atoms with Gasteiger partial charge in [0.25, 0.3) is 0 Å². The minimum absolute atomic E-state index is 0. The van der Waals surface area contributed by atoms with Gasteiger partial charge in [-0.1, -0.05) is 65.5 Å². The first-order valence-electron chi connectivity index (χ1n) is 8.47. The van der Waals surface area contributed by atoms with E-state index in [0.717, 1.165) is 11.1 Å². The molecule has 0 saturated heterocycles. The van der Waals surface area contributed by atoms with Crippen molar-refractivity contribution in [1.29, 1.82) is 0 Å². The molecule has 0 N–H and O–H groups in total. The van der Waals surface area contributed by atoms with E-state index in [0.29, 0.717) is 11.8 Å². The van der Waals surface area contributed by atoms with Crippen LogP contribution in [0.2, 0.25) is 0 Å². The Labute approximate surface area is 149 Å². The fraction of sp³-hybridized carbons (Fsp3) is 0.478. The summed E-state index contributed by atoms with van der Waals surface area (Å²) in [5.41, 5.74) is 6.93. The lowest BCUT2D eigenvalue weighted by atomic mass is 9.98. The van der Waals surface area contributed by atoms with Gasteiger partial charge in [-0.3, -0.25) is 0 Å². The summed E-state index contributed by atoms with van der Waals surface area (Å²) in [4.78, 5) is 0. The largest absolute Gasteiger partial charge is 0.206 e. The molecule has 0 atom stereocenters. The lowest BCUT2D eigenvalue weighted by Gasteiger charge is -2.09. The van der Waals surface area contributed by atoms with Crippen molar-refractivity contribution in [3.8, 4) is 0 Å². The van der Waals surface area contributed by atoms with Gasteiger partial charge in [0.2, 0.25) is 0 Å². The summed E-state index contributed by atoms with van der Waals surface area (Å²) < 4.78 is 13.2. The van der Waals surface area contributed by atoms with Gasteiger partial charge in [0, 0.05) is 0 Å². The number of benzene rings is 2. The van der Waals surface area contributed by atoms with Gasteiger partial charge in [-0.15, -0.1) is 0 Å². The van der Waals surface area contributed by atoms with Crippen LogP contribution in [0.3, 0.4) is 0 Å². The summed E-state index contributed by atoms with van der Waals surface area (Å²) in [6.45, 7) is 16.6. The average Bonchev–Trinajstić information content (AvgIpc) is 2.47. The lowest BCUT2D eigenvalue weighted by Crippen LogP contribution is -1.94. The molecule has 0 aliphatic carbocycles. The molecule has 24 heavy (non-hydrogen) atoms. The summed E-state index contributed by atoms with van der Waals surface area (Å²) in [6, 6.07) is 10.5. The van der Waals surface area contributed by atoms with Gasteiger partial charge in [-0.25, -0.2) is 4.39 Å². The summed E-state index contributed by atoms with van der Waals surface area (Å²) >= 11 is 0.